The Balaban J connectivity index is 1.47. The standard InChI is InChI=1S/C23H21FN4O2/c24-21-11-5-4-10-20(21)22(29)27-15-19(16-27)28(14-17-7-6-12-25-13-17)23(30)26-18-8-2-1-3-9-18/h1-13,19H,14-16H2,(H,26,30). The summed E-state index contributed by atoms with van der Waals surface area (Å²) in [4.78, 5) is 32.9. The van der Waals surface area contributed by atoms with E-state index in [9.17, 15) is 14.0 Å². The molecule has 1 aliphatic heterocycles. The Morgan fingerprint density at radius 1 is 1.03 bits per heavy atom. The number of halogens is 1. The number of rotatable bonds is 5. The molecule has 3 aromatic rings. The van der Waals surface area contributed by atoms with Crippen LogP contribution in [0.15, 0.2) is 79.1 Å². The number of urea groups is 1. The Kier molecular flexibility index (Phi) is 5.70. The van der Waals surface area contributed by atoms with E-state index >= 15 is 0 Å². The van der Waals surface area contributed by atoms with E-state index in [1.165, 1.54) is 12.1 Å². The highest BCUT2D eigenvalue weighted by Crippen LogP contribution is 2.22. The molecule has 1 saturated heterocycles. The van der Waals surface area contributed by atoms with Gasteiger partial charge in [0, 0.05) is 37.7 Å². The SMILES string of the molecule is O=C(c1ccccc1F)N1CC(N(Cc2cccnc2)C(=O)Nc2ccccc2)C1. The molecule has 0 saturated carbocycles. The third-order valence-electron chi connectivity index (χ3n) is 5.06. The molecule has 6 nitrogen and oxygen atoms in total. The lowest BCUT2D eigenvalue weighted by Gasteiger charge is -2.45. The van der Waals surface area contributed by atoms with Crippen LogP contribution in [0.3, 0.4) is 0 Å². The van der Waals surface area contributed by atoms with Crippen LogP contribution in [0.25, 0.3) is 0 Å². The molecule has 152 valence electrons. The third kappa shape index (κ3) is 4.30. The molecule has 1 N–H and O–H groups in total. The van der Waals surface area contributed by atoms with Gasteiger partial charge >= 0.3 is 6.03 Å². The van der Waals surface area contributed by atoms with Crippen LogP contribution in [-0.2, 0) is 6.54 Å². The summed E-state index contributed by atoms with van der Waals surface area (Å²) in [7, 11) is 0. The number of amides is 3. The third-order valence-corrected chi connectivity index (χ3v) is 5.06. The van der Waals surface area contributed by atoms with Gasteiger partial charge in [-0.3, -0.25) is 9.78 Å². The van der Waals surface area contributed by atoms with Crippen LogP contribution in [0.5, 0.6) is 0 Å². The van der Waals surface area contributed by atoms with Gasteiger partial charge < -0.3 is 15.1 Å². The summed E-state index contributed by atoms with van der Waals surface area (Å²) in [6, 6.07) is 18.4. The number of nitrogens with one attached hydrogen (secondary N) is 1. The van der Waals surface area contributed by atoms with E-state index in [0.717, 1.165) is 5.56 Å². The average molecular weight is 404 g/mol. The number of likely N-dealkylation sites (tertiary alicyclic amines) is 1. The van der Waals surface area contributed by atoms with E-state index in [2.05, 4.69) is 10.3 Å². The topological polar surface area (TPSA) is 65.5 Å². The fourth-order valence-corrected chi connectivity index (χ4v) is 3.40. The molecule has 1 aromatic heterocycles. The van der Waals surface area contributed by atoms with Crippen molar-refractivity contribution >= 4 is 17.6 Å². The molecule has 1 fully saturated rings. The maximum Gasteiger partial charge on any atom is 0.322 e. The quantitative estimate of drug-likeness (QED) is 0.704. The zero-order chi connectivity index (χ0) is 20.9. The van der Waals surface area contributed by atoms with Crippen LogP contribution >= 0.6 is 0 Å². The van der Waals surface area contributed by atoms with Crippen molar-refractivity contribution in [2.45, 2.75) is 12.6 Å². The summed E-state index contributed by atoms with van der Waals surface area (Å²) in [5, 5.41) is 2.90. The molecule has 0 aliphatic carbocycles. The fourth-order valence-electron chi connectivity index (χ4n) is 3.40. The van der Waals surface area contributed by atoms with Crippen LogP contribution in [0.4, 0.5) is 14.9 Å². The molecule has 4 rings (SSSR count). The normalized spacial score (nSPS) is 13.4. The van der Waals surface area contributed by atoms with Crippen molar-refractivity contribution in [3.63, 3.8) is 0 Å². The van der Waals surface area contributed by atoms with E-state index in [1.807, 2.05) is 42.5 Å². The van der Waals surface area contributed by atoms with Gasteiger partial charge in [-0.2, -0.15) is 0 Å². The zero-order valence-electron chi connectivity index (χ0n) is 16.2. The minimum absolute atomic E-state index is 0.0449. The van der Waals surface area contributed by atoms with Gasteiger partial charge in [0.2, 0.25) is 0 Å². The fraction of sp³-hybridized carbons (Fsp3) is 0.174. The Morgan fingerprint density at radius 3 is 2.47 bits per heavy atom. The molecule has 0 atom stereocenters. The summed E-state index contributed by atoms with van der Waals surface area (Å²) < 4.78 is 13.9. The molecule has 30 heavy (non-hydrogen) atoms. The maximum atomic E-state index is 13.9. The molecule has 0 spiro atoms. The molecule has 0 bridgehead atoms. The van der Waals surface area contributed by atoms with Crippen molar-refractivity contribution in [2.24, 2.45) is 0 Å². The molecule has 7 heteroatoms. The Hall–Kier alpha value is -3.74. The van der Waals surface area contributed by atoms with Crippen molar-refractivity contribution in [1.82, 2.24) is 14.8 Å². The van der Waals surface area contributed by atoms with Crippen molar-refractivity contribution in [2.75, 3.05) is 18.4 Å². The predicted octanol–water partition coefficient (Wildman–Crippen LogP) is 3.78. The van der Waals surface area contributed by atoms with Crippen LogP contribution in [0.1, 0.15) is 15.9 Å². The lowest BCUT2D eigenvalue weighted by Crippen LogP contribution is -2.62. The van der Waals surface area contributed by atoms with Crippen molar-refractivity contribution in [1.29, 1.82) is 0 Å². The second kappa shape index (κ2) is 8.73. The molecule has 1 aliphatic rings. The first kappa shape index (κ1) is 19.6. The van der Waals surface area contributed by atoms with Crippen LogP contribution in [-0.4, -0.2) is 45.9 Å². The first-order valence-electron chi connectivity index (χ1n) is 9.67. The van der Waals surface area contributed by atoms with Crippen LogP contribution in [0.2, 0.25) is 0 Å². The summed E-state index contributed by atoms with van der Waals surface area (Å²) in [5.41, 5.74) is 1.63. The monoisotopic (exact) mass is 404 g/mol. The van der Waals surface area contributed by atoms with Gasteiger partial charge in [-0.05, 0) is 35.9 Å². The van der Waals surface area contributed by atoms with Crippen LogP contribution in [0, 0.1) is 5.82 Å². The average Bonchev–Trinajstić information content (AvgIpc) is 2.73. The molecule has 3 amide bonds. The minimum Gasteiger partial charge on any atom is -0.334 e. The summed E-state index contributed by atoms with van der Waals surface area (Å²) in [6.45, 7) is 1.05. The Bertz CT molecular complexity index is 1020. The number of aromatic nitrogens is 1. The lowest BCUT2D eigenvalue weighted by molar-refractivity contribution is 0.0359. The number of carbonyl (C=O) groups excluding carboxylic acids is 2. The number of benzene rings is 2. The second-order valence-corrected chi connectivity index (χ2v) is 7.13. The van der Waals surface area contributed by atoms with Gasteiger partial charge in [0.15, 0.2) is 0 Å². The first-order valence-corrected chi connectivity index (χ1v) is 9.67. The van der Waals surface area contributed by atoms with E-state index < -0.39 is 5.82 Å². The smallest absolute Gasteiger partial charge is 0.322 e. The molecule has 0 radical (unpaired) electrons. The summed E-state index contributed by atoms with van der Waals surface area (Å²) in [5.74, 6) is -0.908. The number of carbonyl (C=O) groups is 2. The largest absolute Gasteiger partial charge is 0.334 e. The Morgan fingerprint density at radius 2 is 1.77 bits per heavy atom. The predicted molar refractivity (Wildman–Crippen MR) is 111 cm³/mol. The minimum atomic E-state index is -0.542. The van der Waals surface area contributed by atoms with Gasteiger partial charge in [0.25, 0.3) is 5.91 Å². The van der Waals surface area contributed by atoms with Gasteiger partial charge in [0.1, 0.15) is 5.82 Å². The summed E-state index contributed by atoms with van der Waals surface area (Å²) in [6.07, 6.45) is 3.39. The van der Waals surface area contributed by atoms with E-state index in [0.29, 0.717) is 25.3 Å². The van der Waals surface area contributed by atoms with Gasteiger partial charge in [-0.25, -0.2) is 9.18 Å². The van der Waals surface area contributed by atoms with E-state index in [-0.39, 0.29) is 23.5 Å². The molecular weight excluding hydrogens is 383 g/mol. The number of hydrogen-bond donors (Lipinski definition) is 1. The van der Waals surface area contributed by atoms with Crippen molar-refractivity contribution in [3.05, 3.63) is 96.1 Å². The van der Waals surface area contributed by atoms with E-state index in [1.54, 1.807) is 34.3 Å². The molecule has 0 unspecified atom stereocenters. The van der Waals surface area contributed by atoms with Crippen LogP contribution < -0.4 is 5.32 Å². The molecular formula is C23H21FN4O2. The second-order valence-electron chi connectivity index (χ2n) is 7.13. The molecule has 2 aromatic carbocycles. The summed E-state index contributed by atoms with van der Waals surface area (Å²) >= 11 is 0. The highest BCUT2D eigenvalue weighted by Gasteiger charge is 2.38. The lowest BCUT2D eigenvalue weighted by atomic mass is 10.0. The maximum absolute atomic E-state index is 13.9. The van der Waals surface area contributed by atoms with Gasteiger partial charge in [0.05, 0.1) is 11.6 Å². The zero-order valence-corrected chi connectivity index (χ0v) is 16.2. The van der Waals surface area contributed by atoms with E-state index in [4.69, 9.17) is 0 Å². The van der Waals surface area contributed by atoms with Gasteiger partial charge in [-0.1, -0.05) is 36.4 Å². The number of para-hydroxylation sites is 1. The number of hydrogen-bond acceptors (Lipinski definition) is 3. The van der Waals surface area contributed by atoms with Crippen molar-refractivity contribution < 1.29 is 14.0 Å². The number of pyridine rings is 1. The van der Waals surface area contributed by atoms with Gasteiger partial charge in [-0.15, -0.1) is 0 Å². The Labute approximate surface area is 174 Å². The van der Waals surface area contributed by atoms with Crippen molar-refractivity contribution in [3.8, 4) is 0 Å². The highest BCUT2D eigenvalue weighted by atomic mass is 19.1. The molecule has 2 heterocycles. The first-order chi connectivity index (χ1) is 14.6. The number of anilines is 1. The number of nitrogens with zero attached hydrogens (tertiary/aromatic N) is 3. The highest BCUT2D eigenvalue weighted by molar-refractivity contribution is 5.95.